The lowest BCUT2D eigenvalue weighted by Crippen LogP contribution is -2.31. The second-order valence-corrected chi connectivity index (χ2v) is 4.33. The Morgan fingerprint density at radius 3 is 3.06 bits per heavy atom. The average Bonchev–Trinajstić information content (AvgIpc) is 2.65. The zero-order chi connectivity index (χ0) is 11.7. The highest BCUT2D eigenvalue weighted by molar-refractivity contribution is 9.10. The van der Waals surface area contributed by atoms with Gasteiger partial charge >= 0.3 is 6.09 Å². The van der Waals surface area contributed by atoms with Crippen molar-refractivity contribution in [3.63, 3.8) is 0 Å². The lowest BCUT2D eigenvalue weighted by atomic mass is 10.3. The standard InChI is InChI=1S/C9H10BrN3O3/c1-5-11-3-7(10)8(14)13(5)4-6-2-12-9(15)16-6/h3,6H,2,4H2,1H3,(H,12,15). The Bertz CT molecular complexity index is 485. The molecule has 0 saturated carbocycles. The molecule has 0 spiro atoms. The number of alkyl carbamates (subject to hydrolysis) is 1. The summed E-state index contributed by atoms with van der Waals surface area (Å²) in [6.07, 6.45) is 0.700. The quantitative estimate of drug-likeness (QED) is 0.856. The third-order valence-electron chi connectivity index (χ3n) is 2.34. The van der Waals surface area contributed by atoms with Crippen molar-refractivity contribution in [1.29, 1.82) is 0 Å². The van der Waals surface area contributed by atoms with Gasteiger partial charge in [-0.05, 0) is 22.9 Å². The summed E-state index contributed by atoms with van der Waals surface area (Å²) in [7, 11) is 0. The van der Waals surface area contributed by atoms with Gasteiger partial charge in [-0.2, -0.15) is 0 Å². The first-order valence-corrected chi connectivity index (χ1v) is 5.53. The molecule has 7 heteroatoms. The fraction of sp³-hybridized carbons (Fsp3) is 0.444. The summed E-state index contributed by atoms with van der Waals surface area (Å²) in [5.41, 5.74) is -0.171. The molecule has 1 N–H and O–H groups in total. The minimum Gasteiger partial charge on any atom is -0.442 e. The van der Waals surface area contributed by atoms with Gasteiger partial charge in [0.15, 0.2) is 0 Å². The molecule has 0 aromatic carbocycles. The number of nitrogens with zero attached hydrogens (tertiary/aromatic N) is 2. The number of nitrogens with one attached hydrogen (secondary N) is 1. The van der Waals surface area contributed by atoms with Crippen LogP contribution in [-0.2, 0) is 11.3 Å². The Morgan fingerprint density at radius 1 is 1.69 bits per heavy atom. The molecule has 2 rings (SSSR count). The minimum absolute atomic E-state index is 0.171. The summed E-state index contributed by atoms with van der Waals surface area (Å²) in [5, 5.41) is 2.53. The molecule has 1 fully saturated rings. The zero-order valence-corrected chi connectivity index (χ0v) is 10.2. The van der Waals surface area contributed by atoms with E-state index in [1.807, 2.05) is 0 Å². The molecule has 1 aromatic rings. The van der Waals surface area contributed by atoms with E-state index >= 15 is 0 Å². The molecule has 0 radical (unpaired) electrons. The van der Waals surface area contributed by atoms with Gasteiger partial charge in [-0.25, -0.2) is 9.78 Å². The molecule has 0 aliphatic carbocycles. The number of aryl methyl sites for hydroxylation is 1. The lowest BCUT2D eigenvalue weighted by molar-refractivity contribution is 0.129. The predicted molar refractivity (Wildman–Crippen MR) is 59.2 cm³/mol. The minimum atomic E-state index is -0.446. The number of aromatic nitrogens is 2. The number of halogens is 1. The van der Waals surface area contributed by atoms with Crippen molar-refractivity contribution in [2.45, 2.75) is 19.6 Å². The SMILES string of the molecule is Cc1ncc(Br)c(=O)n1CC1CNC(=O)O1. The number of ether oxygens (including phenoxy) is 1. The summed E-state index contributed by atoms with van der Waals surface area (Å²) in [6, 6.07) is 0. The Morgan fingerprint density at radius 2 is 2.44 bits per heavy atom. The monoisotopic (exact) mass is 287 g/mol. The second kappa shape index (κ2) is 4.25. The van der Waals surface area contributed by atoms with Crippen LogP contribution in [-0.4, -0.2) is 28.3 Å². The van der Waals surface area contributed by atoms with Crippen molar-refractivity contribution in [2.75, 3.05) is 6.54 Å². The van der Waals surface area contributed by atoms with Crippen molar-refractivity contribution in [3.05, 3.63) is 26.8 Å². The fourth-order valence-electron chi connectivity index (χ4n) is 1.50. The van der Waals surface area contributed by atoms with Gasteiger partial charge in [-0.15, -0.1) is 0 Å². The van der Waals surface area contributed by atoms with E-state index < -0.39 is 6.09 Å². The van der Waals surface area contributed by atoms with Crippen molar-refractivity contribution in [2.24, 2.45) is 0 Å². The van der Waals surface area contributed by atoms with Crippen molar-refractivity contribution < 1.29 is 9.53 Å². The highest BCUT2D eigenvalue weighted by atomic mass is 79.9. The number of rotatable bonds is 2. The average molecular weight is 288 g/mol. The van der Waals surface area contributed by atoms with Crippen LogP contribution in [0.15, 0.2) is 15.5 Å². The third-order valence-corrected chi connectivity index (χ3v) is 2.88. The molecule has 86 valence electrons. The first-order valence-electron chi connectivity index (χ1n) is 4.74. The van der Waals surface area contributed by atoms with Crippen LogP contribution in [0.1, 0.15) is 5.82 Å². The zero-order valence-electron chi connectivity index (χ0n) is 8.57. The van der Waals surface area contributed by atoms with E-state index in [2.05, 4.69) is 26.2 Å². The predicted octanol–water partition coefficient (Wildman–Crippen LogP) is 0.423. The van der Waals surface area contributed by atoms with Crippen LogP contribution in [0.4, 0.5) is 4.79 Å². The van der Waals surface area contributed by atoms with Crippen molar-refractivity contribution >= 4 is 22.0 Å². The summed E-state index contributed by atoms with van der Waals surface area (Å²) < 4.78 is 6.84. The molecule has 16 heavy (non-hydrogen) atoms. The number of cyclic esters (lactones) is 1. The normalized spacial score (nSPS) is 19.4. The van der Waals surface area contributed by atoms with E-state index in [-0.39, 0.29) is 11.7 Å². The van der Waals surface area contributed by atoms with Crippen LogP contribution >= 0.6 is 15.9 Å². The smallest absolute Gasteiger partial charge is 0.407 e. The first kappa shape index (κ1) is 11.1. The Balaban J connectivity index is 2.24. The Hall–Kier alpha value is -1.37. The number of carbonyl (C=O) groups excluding carboxylic acids is 1. The molecule has 1 atom stereocenters. The fourth-order valence-corrected chi connectivity index (χ4v) is 1.82. The van der Waals surface area contributed by atoms with Crippen LogP contribution in [0.3, 0.4) is 0 Å². The van der Waals surface area contributed by atoms with Gasteiger partial charge in [0.2, 0.25) is 0 Å². The maximum Gasteiger partial charge on any atom is 0.407 e. The van der Waals surface area contributed by atoms with Crippen LogP contribution in [0, 0.1) is 6.92 Å². The van der Waals surface area contributed by atoms with E-state index in [9.17, 15) is 9.59 Å². The highest BCUT2D eigenvalue weighted by Gasteiger charge is 2.23. The van der Waals surface area contributed by atoms with Crippen LogP contribution in [0.5, 0.6) is 0 Å². The van der Waals surface area contributed by atoms with Gasteiger partial charge in [0.05, 0.1) is 13.1 Å². The van der Waals surface area contributed by atoms with Gasteiger partial charge in [0.25, 0.3) is 5.56 Å². The van der Waals surface area contributed by atoms with Gasteiger partial charge in [0.1, 0.15) is 16.4 Å². The van der Waals surface area contributed by atoms with Crippen molar-refractivity contribution in [3.8, 4) is 0 Å². The topological polar surface area (TPSA) is 73.2 Å². The van der Waals surface area contributed by atoms with Crippen LogP contribution in [0.25, 0.3) is 0 Å². The van der Waals surface area contributed by atoms with Crippen molar-refractivity contribution in [1.82, 2.24) is 14.9 Å². The lowest BCUT2D eigenvalue weighted by Gasteiger charge is -2.12. The first-order chi connectivity index (χ1) is 7.58. The van der Waals surface area contributed by atoms with Gasteiger partial charge in [-0.1, -0.05) is 0 Å². The molecule has 6 nitrogen and oxygen atoms in total. The molecule has 1 aliphatic rings. The maximum absolute atomic E-state index is 11.8. The van der Waals surface area contributed by atoms with Gasteiger partial charge in [-0.3, -0.25) is 9.36 Å². The maximum atomic E-state index is 11.8. The largest absolute Gasteiger partial charge is 0.442 e. The number of hydrogen-bond donors (Lipinski definition) is 1. The molecule has 1 aliphatic heterocycles. The number of hydrogen-bond acceptors (Lipinski definition) is 4. The Labute approximate surface area is 99.8 Å². The summed E-state index contributed by atoms with van der Waals surface area (Å²) >= 11 is 3.12. The van der Waals surface area contributed by atoms with E-state index in [1.165, 1.54) is 10.8 Å². The molecule has 1 amide bonds. The van der Waals surface area contributed by atoms with Crippen LogP contribution < -0.4 is 10.9 Å². The van der Waals surface area contributed by atoms with E-state index in [0.717, 1.165) is 0 Å². The van der Waals surface area contributed by atoms with E-state index in [0.29, 0.717) is 23.4 Å². The highest BCUT2D eigenvalue weighted by Crippen LogP contribution is 2.06. The van der Waals surface area contributed by atoms with Crippen LogP contribution in [0.2, 0.25) is 0 Å². The molecular weight excluding hydrogens is 278 g/mol. The number of amides is 1. The molecular formula is C9H10BrN3O3. The van der Waals surface area contributed by atoms with Gasteiger partial charge < -0.3 is 10.1 Å². The van der Waals surface area contributed by atoms with E-state index in [4.69, 9.17) is 4.74 Å². The summed E-state index contributed by atoms with van der Waals surface area (Å²) in [4.78, 5) is 26.7. The van der Waals surface area contributed by atoms with Gasteiger partial charge in [0, 0.05) is 6.20 Å². The van der Waals surface area contributed by atoms with E-state index in [1.54, 1.807) is 6.92 Å². The summed E-state index contributed by atoms with van der Waals surface area (Å²) in [6.45, 7) is 2.46. The molecule has 1 saturated heterocycles. The number of carbonyl (C=O) groups is 1. The molecule has 1 aromatic heterocycles. The Kier molecular flexibility index (Phi) is 2.95. The summed E-state index contributed by atoms with van der Waals surface area (Å²) in [5.74, 6) is 0.594. The second-order valence-electron chi connectivity index (χ2n) is 3.48. The molecule has 0 bridgehead atoms. The third kappa shape index (κ3) is 2.08. The molecule has 1 unspecified atom stereocenters. The molecule has 2 heterocycles.